The zero-order valence-electron chi connectivity index (χ0n) is 18.9. The van der Waals surface area contributed by atoms with Crippen LogP contribution in [0, 0.1) is 0 Å². The molecular weight excluding hydrogens is 446 g/mol. The van der Waals surface area contributed by atoms with Gasteiger partial charge in [0, 0.05) is 30.9 Å². The number of carbonyl (C=O) groups is 1. The first-order valence-electron chi connectivity index (χ1n) is 10.8. The van der Waals surface area contributed by atoms with E-state index in [2.05, 4.69) is 15.4 Å². The van der Waals surface area contributed by atoms with Crippen molar-refractivity contribution in [3.8, 4) is 5.75 Å². The van der Waals surface area contributed by atoms with Crippen molar-refractivity contribution in [2.24, 2.45) is 0 Å². The fourth-order valence-electron chi connectivity index (χ4n) is 3.91. The number of carbonyl (C=O) groups excluding carboxylic acids is 1. The number of nitrogens with zero attached hydrogens (tertiary/aromatic N) is 4. The lowest BCUT2D eigenvalue weighted by Crippen LogP contribution is -2.56. The first kappa shape index (κ1) is 23.3. The summed E-state index contributed by atoms with van der Waals surface area (Å²) in [5.41, 5.74) is 1.44. The second-order valence-electron chi connectivity index (χ2n) is 8.65. The minimum atomic E-state index is -0.472. The van der Waals surface area contributed by atoms with Crippen molar-refractivity contribution in [3.05, 3.63) is 52.7 Å². The van der Waals surface area contributed by atoms with Gasteiger partial charge in [0.2, 0.25) is 5.95 Å². The molecule has 4 rings (SSSR count). The Kier molecular flexibility index (Phi) is 6.73. The van der Waals surface area contributed by atoms with Gasteiger partial charge in [0.15, 0.2) is 11.4 Å². The zero-order valence-corrected chi connectivity index (χ0v) is 19.7. The summed E-state index contributed by atoms with van der Waals surface area (Å²) >= 11 is 6.05. The maximum absolute atomic E-state index is 13.5. The van der Waals surface area contributed by atoms with Crippen LogP contribution in [0.3, 0.4) is 0 Å². The van der Waals surface area contributed by atoms with E-state index in [-0.39, 0.29) is 18.6 Å². The Labute approximate surface area is 197 Å². The Balaban J connectivity index is 1.60. The van der Waals surface area contributed by atoms with Crippen molar-refractivity contribution in [3.63, 3.8) is 0 Å². The molecule has 1 fully saturated rings. The van der Waals surface area contributed by atoms with Crippen LogP contribution in [0.5, 0.6) is 5.75 Å². The van der Waals surface area contributed by atoms with E-state index in [0.29, 0.717) is 54.0 Å². The molecule has 1 atom stereocenters. The largest absolute Gasteiger partial charge is 0.493 e. The first-order chi connectivity index (χ1) is 15.8. The Morgan fingerprint density at radius 2 is 2.21 bits per heavy atom. The van der Waals surface area contributed by atoms with E-state index >= 15 is 0 Å². The summed E-state index contributed by atoms with van der Waals surface area (Å²) in [6, 6.07) is 8.99. The Morgan fingerprint density at radius 3 is 2.94 bits per heavy atom. The van der Waals surface area contributed by atoms with E-state index in [1.807, 2.05) is 38.1 Å². The van der Waals surface area contributed by atoms with Crippen molar-refractivity contribution in [2.75, 3.05) is 32.2 Å². The van der Waals surface area contributed by atoms with Crippen LogP contribution in [0.15, 0.2) is 36.5 Å². The summed E-state index contributed by atoms with van der Waals surface area (Å²) < 4.78 is 12.9. The number of aromatic nitrogens is 3. The monoisotopic (exact) mass is 473 g/mol. The summed E-state index contributed by atoms with van der Waals surface area (Å²) in [5.74, 6) is 0.674. The van der Waals surface area contributed by atoms with E-state index in [0.717, 1.165) is 5.56 Å². The number of nitrogens with one attached hydrogen (secondary N) is 1. The number of pyridine rings is 1. The van der Waals surface area contributed by atoms with Crippen molar-refractivity contribution in [1.29, 1.82) is 0 Å². The molecular formula is C23H28ClN5O4. The smallest absolute Gasteiger partial charge is 0.255 e. The van der Waals surface area contributed by atoms with E-state index in [9.17, 15) is 9.90 Å². The minimum Gasteiger partial charge on any atom is -0.493 e. The number of hydrogen-bond acceptors (Lipinski definition) is 7. The Morgan fingerprint density at radius 1 is 1.39 bits per heavy atom. The molecule has 3 heterocycles. The molecule has 176 valence electrons. The van der Waals surface area contributed by atoms with Crippen molar-refractivity contribution < 1.29 is 19.4 Å². The zero-order chi connectivity index (χ0) is 23.6. The van der Waals surface area contributed by atoms with Gasteiger partial charge in [0.25, 0.3) is 5.91 Å². The van der Waals surface area contributed by atoms with Crippen LogP contribution < -0.4 is 10.1 Å². The fourth-order valence-corrected chi connectivity index (χ4v) is 4.13. The van der Waals surface area contributed by atoms with Crippen LogP contribution in [0.2, 0.25) is 5.02 Å². The van der Waals surface area contributed by atoms with Gasteiger partial charge >= 0.3 is 0 Å². The van der Waals surface area contributed by atoms with Crippen LogP contribution in [-0.4, -0.2) is 69.0 Å². The second-order valence-corrected chi connectivity index (χ2v) is 9.09. The van der Waals surface area contributed by atoms with Crippen LogP contribution in [-0.2, 0) is 11.3 Å². The molecule has 1 aliphatic rings. The summed E-state index contributed by atoms with van der Waals surface area (Å²) in [5, 5.41) is 17.8. The lowest BCUT2D eigenvalue weighted by Gasteiger charge is -2.43. The number of morpholine rings is 1. The summed E-state index contributed by atoms with van der Waals surface area (Å²) in [6.45, 7) is 5.16. The third-order valence-electron chi connectivity index (χ3n) is 5.59. The minimum absolute atomic E-state index is 0.0225. The molecule has 0 saturated carbocycles. The average Bonchev–Trinajstić information content (AvgIpc) is 3.21. The van der Waals surface area contributed by atoms with Gasteiger partial charge in [-0.1, -0.05) is 23.7 Å². The number of aliphatic hydroxyl groups is 1. The van der Waals surface area contributed by atoms with Crippen molar-refractivity contribution in [2.45, 2.75) is 38.5 Å². The number of benzene rings is 1. The third-order valence-corrected chi connectivity index (χ3v) is 5.82. The number of hydrogen-bond donors (Lipinski definition) is 2. The van der Waals surface area contributed by atoms with E-state index < -0.39 is 5.60 Å². The molecule has 1 aromatic carbocycles. The van der Waals surface area contributed by atoms with E-state index in [1.165, 1.54) is 7.11 Å². The summed E-state index contributed by atoms with van der Waals surface area (Å²) in [7, 11) is 1.53. The molecule has 0 spiro atoms. The van der Waals surface area contributed by atoms with Gasteiger partial charge in [0.05, 0.1) is 30.9 Å². The molecule has 9 nitrogen and oxygen atoms in total. The molecule has 1 aliphatic heterocycles. The van der Waals surface area contributed by atoms with Gasteiger partial charge in [-0.15, -0.1) is 5.10 Å². The van der Waals surface area contributed by atoms with Crippen molar-refractivity contribution >= 4 is 29.1 Å². The fraction of sp³-hybridized carbons (Fsp3) is 0.435. The third kappa shape index (κ3) is 5.21. The standard InChI is InChI=1S/C23H28ClN5O4/c1-23(2)14-28(18(7-8-30)13-33-23)21(31)16-10-19(32-3)20-26-22(27-29(20)12-16)25-11-15-5-4-6-17(24)9-15/h4-6,9-10,12,18,30H,7-8,11,13-14H2,1-3H3,(H,25,27). The van der Waals surface area contributed by atoms with Gasteiger partial charge in [-0.05, 0) is 44.0 Å². The van der Waals surface area contributed by atoms with E-state index in [1.54, 1.807) is 21.7 Å². The average molecular weight is 474 g/mol. The molecule has 33 heavy (non-hydrogen) atoms. The highest BCUT2D eigenvalue weighted by atomic mass is 35.5. The predicted molar refractivity (Wildman–Crippen MR) is 125 cm³/mol. The second kappa shape index (κ2) is 9.54. The van der Waals surface area contributed by atoms with Gasteiger partial charge < -0.3 is 24.8 Å². The first-order valence-corrected chi connectivity index (χ1v) is 11.2. The SMILES string of the molecule is COc1cc(C(=O)N2CC(C)(C)OCC2CCO)cn2nc(NCc3cccc(Cl)c3)nc12. The topological polar surface area (TPSA) is 101 Å². The van der Waals surface area contributed by atoms with Crippen LogP contribution in [0.1, 0.15) is 36.2 Å². The number of rotatable bonds is 7. The molecule has 1 unspecified atom stereocenters. The molecule has 2 aromatic heterocycles. The summed E-state index contributed by atoms with van der Waals surface area (Å²) in [6.07, 6.45) is 2.10. The number of amides is 1. The van der Waals surface area contributed by atoms with Gasteiger partial charge in [0.1, 0.15) is 0 Å². The highest BCUT2D eigenvalue weighted by molar-refractivity contribution is 6.30. The number of aliphatic hydroxyl groups excluding tert-OH is 1. The number of halogens is 1. The lowest BCUT2D eigenvalue weighted by atomic mass is 10.0. The molecule has 1 saturated heterocycles. The van der Waals surface area contributed by atoms with Crippen LogP contribution in [0.25, 0.3) is 5.65 Å². The lowest BCUT2D eigenvalue weighted by molar-refractivity contribution is -0.105. The molecule has 0 radical (unpaired) electrons. The van der Waals surface area contributed by atoms with Gasteiger partial charge in [-0.2, -0.15) is 4.98 Å². The molecule has 1 amide bonds. The molecule has 10 heteroatoms. The van der Waals surface area contributed by atoms with Crippen molar-refractivity contribution in [1.82, 2.24) is 19.5 Å². The van der Waals surface area contributed by atoms with Crippen LogP contribution in [0.4, 0.5) is 5.95 Å². The molecule has 0 aliphatic carbocycles. The van der Waals surface area contributed by atoms with Gasteiger partial charge in [-0.3, -0.25) is 4.79 Å². The molecule has 2 N–H and O–H groups in total. The number of ether oxygens (including phenoxy) is 2. The maximum Gasteiger partial charge on any atom is 0.255 e. The van der Waals surface area contributed by atoms with Gasteiger partial charge in [-0.25, -0.2) is 4.52 Å². The normalized spacial score (nSPS) is 17.8. The Bertz CT molecular complexity index is 1150. The molecule has 0 bridgehead atoms. The maximum atomic E-state index is 13.5. The number of methoxy groups -OCH3 is 1. The highest BCUT2D eigenvalue weighted by Gasteiger charge is 2.37. The quantitative estimate of drug-likeness (QED) is 0.544. The number of anilines is 1. The van der Waals surface area contributed by atoms with E-state index in [4.69, 9.17) is 21.1 Å². The predicted octanol–water partition coefficient (Wildman–Crippen LogP) is 3.01. The number of fused-ring (bicyclic) bond motifs is 1. The van der Waals surface area contributed by atoms with Crippen LogP contribution >= 0.6 is 11.6 Å². The molecule has 3 aromatic rings. The highest BCUT2D eigenvalue weighted by Crippen LogP contribution is 2.27. The summed E-state index contributed by atoms with van der Waals surface area (Å²) in [4.78, 5) is 19.7. The Hall–Kier alpha value is -2.88.